The third kappa shape index (κ3) is 3.07. The summed E-state index contributed by atoms with van der Waals surface area (Å²) in [5.41, 5.74) is 4.54. The monoisotopic (exact) mass is 314 g/mol. The van der Waals surface area contributed by atoms with Crippen molar-refractivity contribution in [1.29, 1.82) is 0 Å². The Morgan fingerprint density at radius 1 is 1.41 bits per heavy atom. The molecule has 3 rings (SSSR count). The normalized spacial score (nSPS) is 14.3. The molecule has 0 unspecified atom stereocenters. The fourth-order valence-corrected chi connectivity index (χ4v) is 3.74. The number of aryl methyl sites for hydroxylation is 2. The minimum absolute atomic E-state index is 0.158. The molecular weight excluding hydrogens is 292 g/mol. The first kappa shape index (κ1) is 15.2. The fraction of sp³-hybridized carbons (Fsp3) is 0.444. The molecule has 0 atom stereocenters. The molecule has 2 heterocycles. The lowest BCUT2D eigenvalue weighted by Gasteiger charge is -2.29. The van der Waals surface area contributed by atoms with E-state index in [0.29, 0.717) is 12.3 Å². The number of aromatic nitrogens is 1. The molecule has 22 heavy (non-hydrogen) atoms. The van der Waals surface area contributed by atoms with E-state index >= 15 is 0 Å². The maximum atomic E-state index is 12.7. The van der Waals surface area contributed by atoms with Crippen molar-refractivity contribution in [3.05, 3.63) is 45.4 Å². The second-order valence-electron chi connectivity index (χ2n) is 6.29. The van der Waals surface area contributed by atoms with Crippen LogP contribution in [0.2, 0.25) is 0 Å². The van der Waals surface area contributed by atoms with Crippen molar-refractivity contribution in [1.82, 2.24) is 4.98 Å². The van der Waals surface area contributed by atoms with Gasteiger partial charge in [-0.1, -0.05) is 31.5 Å². The lowest BCUT2D eigenvalue weighted by Crippen LogP contribution is -2.36. The zero-order valence-corrected chi connectivity index (χ0v) is 14.2. The molecule has 0 spiro atoms. The summed E-state index contributed by atoms with van der Waals surface area (Å²) in [5.74, 6) is 0.581. The Morgan fingerprint density at radius 2 is 2.23 bits per heavy atom. The first-order valence-electron chi connectivity index (χ1n) is 7.89. The Hall–Kier alpha value is -1.68. The SMILES string of the molecule is Cc1ccc2c(c1)CCCN2C(=O)Cc1csc(C(C)C)n1. The van der Waals surface area contributed by atoms with Crippen LogP contribution < -0.4 is 4.90 Å². The molecule has 0 radical (unpaired) electrons. The van der Waals surface area contributed by atoms with E-state index in [1.54, 1.807) is 11.3 Å². The van der Waals surface area contributed by atoms with Crippen LogP contribution in [0, 0.1) is 6.92 Å². The standard InChI is InChI=1S/C18H22N2OS/c1-12(2)18-19-15(11-22-18)10-17(21)20-8-4-5-14-9-13(3)6-7-16(14)20/h6-7,9,11-12H,4-5,8,10H2,1-3H3. The van der Waals surface area contributed by atoms with E-state index in [4.69, 9.17) is 0 Å². The highest BCUT2D eigenvalue weighted by atomic mass is 32.1. The maximum Gasteiger partial charge on any atom is 0.233 e. The van der Waals surface area contributed by atoms with Gasteiger partial charge in [0.05, 0.1) is 17.1 Å². The second-order valence-corrected chi connectivity index (χ2v) is 7.18. The van der Waals surface area contributed by atoms with E-state index in [9.17, 15) is 4.79 Å². The van der Waals surface area contributed by atoms with Crippen LogP contribution in [0.15, 0.2) is 23.6 Å². The van der Waals surface area contributed by atoms with E-state index in [2.05, 4.69) is 44.0 Å². The number of nitrogens with zero attached hydrogens (tertiary/aromatic N) is 2. The number of carbonyl (C=O) groups is 1. The lowest BCUT2D eigenvalue weighted by atomic mass is 9.99. The van der Waals surface area contributed by atoms with Gasteiger partial charge in [-0.25, -0.2) is 4.98 Å². The van der Waals surface area contributed by atoms with Crippen molar-refractivity contribution in [3.63, 3.8) is 0 Å². The molecule has 0 N–H and O–H groups in total. The van der Waals surface area contributed by atoms with Gasteiger partial charge in [-0.15, -0.1) is 11.3 Å². The molecule has 1 aromatic carbocycles. The number of thiazole rings is 1. The zero-order chi connectivity index (χ0) is 15.7. The van der Waals surface area contributed by atoms with Crippen LogP contribution in [0.4, 0.5) is 5.69 Å². The molecule has 1 aromatic heterocycles. The van der Waals surface area contributed by atoms with Crippen molar-refractivity contribution >= 4 is 22.9 Å². The molecular formula is C18H22N2OS. The molecule has 2 aromatic rings. The summed E-state index contributed by atoms with van der Waals surface area (Å²) < 4.78 is 0. The van der Waals surface area contributed by atoms with Crippen molar-refractivity contribution in [3.8, 4) is 0 Å². The number of carbonyl (C=O) groups excluding carboxylic acids is 1. The topological polar surface area (TPSA) is 33.2 Å². The molecule has 0 aliphatic carbocycles. The summed E-state index contributed by atoms with van der Waals surface area (Å²) in [6.45, 7) is 7.18. The Morgan fingerprint density at radius 3 is 2.95 bits per heavy atom. The lowest BCUT2D eigenvalue weighted by molar-refractivity contribution is -0.118. The van der Waals surface area contributed by atoms with Crippen LogP contribution in [0.1, 0.15) is 48.0 Å². The molecule has 0 saturated carbocycles. The highest BCUT2D eigenvalue weighted by molar-refractivity contribution is 7.09. The minimum atomic E-state index is 0.158. The van der Waals surface area contributed by atoms with Gasteiger partial charge >= 0.3 is 0 Å². The van der Waals surface area contributed by atoms with Gasteiger partial charge in [0.1, 0.15) is 0 Å². The highest BCUT2D eigenvalue weighted by Gasteiger charge is 2.23. The van der Waals surface area contributed by atoms with Gasteiger partial charge in [0.2, 0.25) is 5.91 Å². The summed E-state index contributed by atoms with van der Waals surface area (Å²) >= 11 is 1.65. The Balaban J connectivity index is 1.78. The van der Waals surface area contributed by atoms with Gasteiger partial charge < -0.3 is 4.90 Å². The van der Waals surface area contributed by atoms with Gasteiger partial charge in [0.25, 0.3) is 0 Å². The zero-order valence-electron chi connectivity index (χ0n) is 13.4. The highest BCUT2D eigenvalue weighted by Crippen LogP contribution is 2.29. The summed E-state index contributed by atoms with van der Waals surface area (Å²) in [6.07, 6.45) is 2.50. The van der Waals surface area contributed by atoms with Crippen LogP contribution in [0.3, 0.4) is 0 Å². The van der Waals surface area contributed by atoms with Crippen molar-refractivity contribution in [2.24, 2.45) is 0 Å². The number of hydrogen-bond acceptors (Lipinski definition) is 3. The average molecular weight is 314 g/mol. The number of benzene rings is 1. The minimum Gasteiger partial charge on any atom is -0.312 e. The average Bonchev–Trinajstić information content (AvgIpc) is 2.95. The number of fused-ring (bicyclic) bond motifs is 1. The first-order valence-corrected chi connectivity index (χ1v) is 8.77. The molecule has 0 saturated heterocycles. The van der Waals surface area contributed by atoms with E-state index in [1.807, 2.05) is 10.3 Å². The Kier molecular flexibility index (Phi) is 4.30. The van der Waals surface area contributed by atoms with Crippen molar-refractivity contribution in [2.45, 2.75) is 46.0 Å². The Labute approximate surface area is 136 Å². The first-order chi connectivity index (χ1) is 10.5. The Bertz CT molecular complexity index is 690. The van der Waals surface area contributed by atoms with Crippen molar-refractivity contribution < 1.29 is 4.79 Å². The summed E-state index contributed by atoms with van der Waals surface area (Å²) in [6, 6.07) is 6.38. The number of amides is 1. The third-order valence-electron chi connectivity index (χ3n) is 4.05. The quantitative estimate of drug-likeness (QED) is 0.854. The molecule has 116 valence electrons. The predicted molar refractivity (Wildman–Crippen MR) is 91.8 cm³/mol. The molecule has 1 aliphatic heterocycles. The molecule has 1 aliphatic rings. The number of hydrogen-bond donors (Lipinski definition) is 0. The van der Waals surface area contributed by atoms with Crippen LogP contribution in [-0.2, 0) is 17.6 Å². The van der Waals surface area contributed by atoms with Gasteiger partial charge in [-0.05, 0) is 31.4 Å². The van der Waals surface area contributed by atoms with Crippen LogP contribution in [0.25, 0.3) is 0 Å². The number of rotatable bonds is 3. The maximum absolute atomic E-state index is 12.7. The van der Waals surface area contributed by atoms with Crippen LogP contribution in [0.5, 0.6) is 0 Å². The fourth-order valence-electron chi connectivity index (χ4n) is 2.90. The summed E-state index contributed by atoms with van der Waals surface area (Å²) in [7, 11) is 0. The van der Waals surface area contributed by atoms with E-state index in [-0.39, 0.29) is 5.91 Å². The van der Waals surface area contributed by atoms with Crippen LogP contribution in [-0.4, -0.2) is 17.4 Å². The smallest absolute Gasteiger partial charge is 0.233 e. The summed E-state index contributed by atoms with van der Waals surface area (Å²) in [4.78, 5) is 19.2. The van der Waals surface area contributed by atoms with E-state index in [0.717, 1.165) is 35.8 Å². The molecule has 0 fully saturated rings. The summed E-state index contributed by atoms with van der Waals surface area (Å²) in [5, 5.41) is 3.13. The van der Waals surface area contributed by atoms with Gasteiger partial charge in [-0.2, -0.15) is 0 Å². The molecule has 4 heteroatoms. The third-order valence-corrected chi connectivity index (χ3v) is 5.24. The largest absolute Gasteiger partial charge is 0.312 e. The molecule has 0 bridgehead atoms. The van der Waals surface area contributed by atoms with E-state index < -0.39 is 0 Å². The number of anilines is 1. The van der Waals surface area contributed by atoms with E-state index in [1.165, 1.54) is 11.1 Å². The van der Waals surface area contributed by atoms with Gasteiger partial charge in [-0.3, -0.25) is 4.79 Å². The van der Waals surface area contributed by atoms with Gasteiger partial charge in [0, 0.05) is 23.5 Å². The second kappa shape index (κ2) is 6.21. The predicted octanol–water partition coefficient (Wildman–Crippen LogP) is 4.10. The van der Waals surface area contributed by atoms with Gasteiger partial charge in [0.15, 0.2) is 0 Å². The van der Waals surface area contributed by atoms with Crippen LogP contribution >= 0.6 is 11.3 Å². The molecule has 3 nitrogen and oxygen atoms in total. The van der Waals surface area contributed by atoms with Crippen molar-refractivity contribution in [2.75, 3.05) is 11.4 Å². The molecule has 1 amide bonds.